The van der Waals surface area contributed by atoms with E-state index in [0.717, 1.165) is 13.0 Å². The fourth-order valence-electron chi connectivity index (χ4n) is 2.60. The van der Waals surface area contributed by atoms with Crippen LogP contribution in [0.5, 0.6) is 0 Å². The fourth-order valence-corrected chi connectivity index (χ4v) is 2.60. The molecule has 0 fully saturated rings. The van der Waals surface area contributed by atoms with E-state index < -0.39 is 0 Å². The summed E-state index contributed by atoms with van der Waals surface area (Å²) in [5.74, 6) is 0.966. The third-order valence-electron chi connectivity index (χ3n) is 4.04. The number of nitrogens with one attached hydrogen (secondary N) is 1. The second-order valence-electron chi connectivity index (χ2n) is 6.08. The Labute approximate surface area is 155 Å². The van der Waals surface area contributed by atoms with Crippen molar-refractivity contribution in [2.75, 3.05) is 6.54 Å². The number of aryl methyl sites for hydroxylation is 3. The zero-order valence-corrected chi connectivity index (χ0v) is 15.3. The number of imidazole rings is 1. The van der Waals surface area contributed by atoms with Crippen LogP contribution >= 0.6 is 0 Å². The van der Waals surface area contributed by atoms with Crippen molar-refractivity contribution in [3.63, 3.8) is 0 Å². The first-order valence-corrected chi connectivity index (χ1v) is 8.64. The summed E-state index contributed by atoms with van der Waals surface area (Å²) in [6, 6.07) is 0. The third kappa shape index (κ3) is 4.66. The summed E-state index contributed by atoms with van der Waals surface area (Å²) in [6.45, 7) is 4.96. The Morgan fingerprint density at radius 1 is 1.30 bits per heavy atom. The van der Waals surface area contributed by atoms with Crippen LogP contribution in [0.2, 0.25) is 0 Å². The molecule has 3 rings (SSSR count). The topological polar surface area (TPSA) is 121 Å². The van der Waals surface area contributed by atoms with Crippen LogP contribution in [0.1, 0.15) is 24.5 Å². The molecule has 0 bridgehead atoms. The van der Waals surface area contributed by atoms with E-state index in [1.807, 2.05) is 10.8 Å². The lowest BCUT2D eigenvalue weighted by Crippen LogP contribution is -2.30. The van der Waals surface area contributed by atoms with Crippen LogP contribution < -0.4 is 10.9 Å². The molecule has 0 aromatic carbocycles. The van der Waals surface area contributed by atoms with Crippen LogP contribution in [-0.4, -0.2) is 41.7 Å². The zero-order valence-electron chi connectivity index (χ0n) is 15.3. The lowest BCUT2D eigenvalue weighted by atomic mass is 10.3. The fraction of sp³-hybridized carbons (Fsp3) is 0.412. The van der Waals surface area contributed by atoms with Gasteiger partial charge in [-0.1, -0.05) is 5.16 Å². The molecule has 1 N–H and O–H groups in total. The van der Waals surface area contributed by atoms with Gasteiger partial charge in [-0.15, -0.1) is 0 Å². The van der Waals surface area contributed by atoms with E-state index in [4.69, 9.17) is 4.52 Å². The number of hydrogen-bond acceptors (Lipinski definition) is 7. The van der Waals surface area contributed by atoms with E-state index in [2.05, 4.69) is 25.4 Å². The molecule has 0 spiro atoms. The van der Waals surface area contributed by atoms with E-state index in [-0.39, 0.29) is 35.9 Å². The molecule has 0 saturated carbocycles. The Balaban J connectivity index is 1.55. The molecule has 0 aliphatic rings. The summed E-state index contributed by atoms with van der Waals surface area (Å²) in [4.78, 5) is 36.9. The maximum atomic E-state index is 12.7. The van der Waals surface area contributed by atoms with Gasteiger partial charge in [0.15, 0.2) is 5.82 Å². The maximum absolute atomic E-state index is 12.7. The van der Waals surface area contributed by atoms with Gasteiger partial charge in [0.05, 0.1) is 6.33 Å². The number of nitrogens with zero attached hydrogens (tertiary/aromatic N) is 6. The van der Waals surface area contributed by atoms with Gasteiger partial charge >= 0.3 is 0 Å². The molecule has 10 heteroatoms. The Bertz CT molecular complexity index is 959. The molecule has 10 nitrogen and oxygen atoms in total. The lowest BCUT2D eigenvalue weighted by Gasteiger charge is -2.10. The molecule has 3 heterocycles. The molecular formula is C17H21N7O3. The summed E-state index contributed by atoms with van der Waals surface area (Å²) in [6.07, 6.45) is 7.73. The highest BCUT2D eigenvalue weighted by Gasteiger charge is 2.15. The standard InChI is InChI=1S/C17H21N7O3/c1-12-21-16(27-22-12)14-10-20-13(2)24(17(14)26)8-4-15(25)19-5-3-7-23-9-6-18-11-23/h6,9-11H,3-5,7-8H2,1-2H3,(H,19,25). The number of rotatable bonds is 8. The highest BCUT2D eigenvalue weighted by Crippen LogP contribution is 2.11. The van der Waals surface area contributed by atoms with E-state index in [0.29, 0.717) is 18.2 Å². The smallest absolute Gasteiger partial charge is 0.266 e. The van der Waals surface area contributed by atoms with Gasteiger partial charge in [-0.05, 0) is 20.3 Å². The molecule has 0 aliphatic heterocycles. The minimum Gasteiger partial charge on any atom is -0.356 e. The molecule has 1 amide bonds. The van der Waals surface area contributed by atoms with Crippen molar-refractivity contribution >= 4 is 5.91 Å². The first-order chi connectivity index (χ1) is 13.0. The van der Waals surface area contributed by atoms with E-state index in [1.165, 1.54) is 10.8 Å². The van der Waals surface area contributed by atoms with Crippen LogP contribution in [0.4, 0.5) is 0 Å². The van der Waals surface area contributed by atoms with Gasteiger partial charge in [0.1, 0.15) is 11.4 Å². The van der Waals surface area contributed by atoms with Gasteiger partial charge in [0, 0.05) is 44.6 Å². The molecule has 0 radical (unpaired) electrons. The van der Waals surface area contributed by atoms with Crippen molar-refractivity contribution in [1.82, 2.24) is 34.6 Å². The van der Waals surface area contributed by atoms with Crippen LogP contribution in [-0.2, 0) is 17.9 Å². The number of carbonyl (C=O) groups excluding carboxylic acids is 1. The van der Waals surface area contributed by atoms with Gasteiger partial charge in [0.25, 0.3) is 11.4 Å². The Morgan fingerprint density at radius 3 is 2.85 bits per heavy atom. The summed E-state index contributed by atoms with van der Waals surface area (Å²) >= 11 is 0. The van der Waals surface area contributed by atoms with Crippen LogP contribution in [0, 0.1) is 13.8 Å². The van der Waals surface area contributed by atoms with Crippen molar-refractivity contribution in [2.24, 2.45) is 0 Å². The summed E-state index contributed by atoms with van der Waals surface area (Å²) in [5.41, 5.74) is -0.0824. The van der Waals surface area contributed by atoms with Crippen LogP contribution in [0.3, 0.4) is 0 Å². The van der Waals surface area contributed by atoms with Gasteiger partial charge in [0.2, 0.25) is 5.91 Å². The van der Waals surface area contributed by atoms with E-state index >= 15 is 0 Å². The van der Waals surface area contributed by atoms with E-state index in [9.17, 15) is 9.59 Å². The first kappa shape index (κ1) is 18.5. The van der Waals surface area contributed by atoms with E-state index in [1.54, 1.807) is 26.4 Å². The molecule has 142 valence electrons. The molecule has 27 heavy (non-hydrogen) atoms. The van der Waals surface area contributed by atoms with Gasteiger partial charge in [-0.2, -0.15) is 4.98 Å². The highest BCUT2D eigenvalue weighted by molar-refractivity contribution is 5.75. The second-order valence-corrected chi connectivity index (χ2v) is 6.08. The Kier molecular flexibility index (Phi) is 5.74. The molecule has 0 saturated heterocycles. The number of carbonyl (C=O) groups is 1. The first-order valence-electron chi connectivity index (χ1n) is 8.64. The number of aromatic nitrogens is 6. The average Bonchev–Trinajstić information content (AvgIpc) is 3.30. The van der Waals surface area contributed by atoms with Crippen LogP contribution in [0.25, 0.3) is 11.5 Å². The SMILES string of the molecule is Cc1noc(-c2cnc(C)n(CCC(=O)NCCCn3ccnc3)c2=O)n1. The number of amides is 1. The van der Waals surface area contributed by atoms with Crippen molar-refractivity contribution < 1.29 is 9.32 Å². The molecule has 0 atom stereocenters. The predicted octanol–water partition coefficient (Wildman–Crippen LogP) is 0.703. The Morgan fingerprint density at radius 2 is 2.15 bits per heavy atom. The zero-order chi connectivity index (χ0) is 19.2. The van der Waals surface area contributed by atoms with Crippen molar-refractivity contribution in [3.05, 3.63) is 46.9 Å². The quantitative estimate of drug-likeness (QED) is 0.579. The molecule has 0 aliphatic carbocycles. The Hall–Kier alpha value is -3.30. The maximum Gasteiger partial charge on any atom is 0.266 e. The lowest BCUT2D eigenvalue weighted by molar-refractivity contribution is -0.121. The molecular weight excluding hydrogens is 350 g/mol. The normalized spacial score (nSPS) is 10.9. The minimum atomic E-state index is -0.306. The number of hydrogen-bond donors (Lipinski definition) is 1. The van der Waals surface area contributed by atoms with Gasteiger partial charge < -0.3 is 14.4 Å². The van der Waals surface area contributed by atoms with Gasteiger partial charge in [-0.25, -0.2) is 9.97 Å². The van der Waals surface area contributed by atoms with Crippen molar-refractivity contribution in [3.8, 4) is 11.5 Å². The molecule has 3 aromatic heterocycles. The summed E-state index contributed by atoms with van der Waals surface area (Å²) in [5, 5.41) is 6.54. The minimum absolute atomic E-state index is 0.119. The predicted molar refractivity (Wildman–Crippen MR) is 95.7 cm³/mol. The second kappa shape index (κ2) is 8.39. The summed E-state index contributed by atoms with van der Waals surface area (Å²) in [7, 11) is 0. The third-order valence-corrected chi connectivity index (χ3v) is 4.04. The molecule has 3 aromatic rings. The van der Waals surface area contributed by atoms with Crippen molar-refractivity contribution in [1.29, 1.82) is 0 Å². The molecule has 0 unspecified atom stereocenters. The van der Waals surface area contributed by atoms with Gasteiger partial charge in [-0.3, -0.25) is 14.2 Å². The largest absolute Gasteiger partial charge is 0.356 e. The average molecular weight is 371 g/mol. The monoisotopic (exact) mass is 371 g/mol. The van der Waals surface area contributed by atoms with Crippen LogP contribution in [0.15, 0.2) is 34.2 Å². The summed E-state index contributed by atoms with van der Waals surface area (Å²) < 4.78 is 8.44. The van der Waals surface area contributed by atoms with Crippen molar-refractivity contribution in [2.45, 2.75) is 39.8 Å². The highest BCUT2D eigenvalue weighted by atomic mass is 16.5.